The van der Waals surface area contributed by atoms with Gasteiger partial charge in [-0.05, 0) is 82.7 Å². The van der Waals surface area contributed by atoms with Crippen LogP contribution in [0.2, 0.25) is 0 Å². The lowest BCUT2D eigenvalue weighted by molar-refractivity contribution is -0.149. The standard InChI is InChI=1S/C30H43N3O5S/c1-8-30(5,6)33(27(36)24(17-18-39-7)32-28(37)38-29(2,3)4)25(22-15-12-16-23(34)19-22)26(35)31-20-21-13-10-9-11-14-21/h9-16,19,24-25,34H,8,17-18,20H2,1-7H3,(H,31,35)(H,32,37). The van der Waals surface area contributed by atoms with Gasteiger partial charge in [-0.2, -0.15) is 11.8 Å². The molecule has 0 radical (unpaired) electrons. The monoisotopic (exact) mass is 557 g/mol. The molecule has 0 bridgehead atoms. The number of benzene rings is 2. The van der Waals surface area contributed by atoms with E-state index in [-0.39, 0.29) is 18.2 Å². The molecule has 0 saturated carbocycles. The summed E-state index contributed by atoms with van der Waals surface area (Å²) in [4.78, 5) is 42.5. The van der Waals surface area contributed by atoms with Gasteiger partial charge in [-0.1, -0.05) is 49.4 Å². The maximum absolute atomic E-state index is 14.3. The van der Waals surface area contributed by atoms with Crippen LogP contribution >= 0.6 is 11.8 Å². The molecule has 2 atom stereocenters. The van der Waals surface area contributed by atoms with Gasteiger partial charge in [-0.25, -0.2) is 4.79 Å². The third kappa shape index (κ3) is 9.80. The highest BCUT2D eigenvalue weighted by atomic mass is 32.2. The molecule has 0 fully saturated rings. The van der Waals surface area contributed by atoms with Crippen LogP contribution in [0.5, 0.6) is 5.75 Å². The molecule has 0 heterocycles. The topological polar surface area (TPSA) is 108 Å². The minimum atomic E-state index is -1.06. The van der Waals surface area contributed by atoms with Gasteiger partial charge in [0.25, 0.3) is 0 Å². The summed E-state index contributed by atoms with van der Waals surface area (Å²) >= 11 is 1.56. The molecule has 214 valence electrons. The lowest BCUT2D eigenvalue weighted by Gasteiger charge is -2.44. The predicted molar refractivity (Wildman–Crippen MR) is 157 cm³/mol. The van der Waals surface area contributed by atoms with Crippen molar-refractivity contribution in [2.75, 3.05) is 12.0 Å². The molecule has 3 N–H and O–H groups in total. The summed E-state index contributed by atoms with van der Waals surface area (Å²) < 4.78 is 5.45. The summed E-state index contributed by atoms with van der Waals surface area (Å²) in [6.07, 6.45) is 2.13. The maximum Gasteiger partial charge on any atom is 0.408 e. The molecular formula is C30H43N3O5S. The van der Waals surface area contributed by atoms with E-state index in [0.717, 1.165) is 5.56 Å². The van der Waals surface area contributed by atoms with Crippen LogP contribution in [0.1, 0.15) is 71.6 Å². The number of phenolic OH excluding ortho intramolecular Hbond substituents is 1. The number of hydrogen-bond donors (Lipinski definition) is 3. The Kier molecular flexibility index (Phi) is 11.7. The molecule has 3 amide bonds. The molecule has 9 heteroatoms. The van der Waals surface area contributed by atoms with Crippen molar-refractivity contribution in [3.05, 3.63) is 65.7 Å². The number of phenols is 1. The lowest BCUT2D eigenvalue weighted by atomic mass is 9.91. The number of rotatable bonds is 12. The highest BCUT2D eigenvalue weighted by molar-refractivity contribution is 7.98. The quantitative estimate of drug-likeness (QED) is 0.322. The molecule has 0 aliphatic heterocycles. The zero-order valence-electron chi connectivity index (χ0n) is 24.1. The number of amides is 3. The largest absolute Gasteiger partial charge is 0.508 e. The molecular weight excluding hydrogens is 514 g/mol. The van der Waals surface area contributed by atoms with Crippen molar-refractivity contribution in [2.45, 2.75) is 84.2 Å². The Morgan fingerprint density at radius 1 is 1.03 bits per heavy atom. The van der Waals surface area contributed by atoms with Gasteiger partial charge in [-0.15, -0.1) is 0 Å². The van der Waals surface area contributed by atoms with E-state index >= 15 is 0 Å². The van der Waals surface area contributed by atoms with Crippen LogP contribution in [0.25, 0.3) is 0 Å². The van der Waals surface area contributed by atoms with Gasteiger partial charge in [0.15, 0.2) is 0 Å². The molecule has 2 aromatic carbocycles. The highest BCUT2D eigenvalue weighted by Gasteiger charge is 2.43. The van der Waals surface area contributed by atoms with Crippen LogP contribution in [-0.2, 0) is 20.9 Å². The summed E-state index contributed by atoms with van der Waals surface area (Å²) in [5, 5.41) is 16.0. The Morgan fingerprint density at radius 2 is 1.69 bits per heavy atom. The number of alkyl carbamates (subject to hydrolysis) is 1. The van der Waals surface area contributed by atoms with Crippen molar-refractivity contribution in [3.63, 3.8) is 0 Å². The van der Waals surface area contributed by atoms with Crippen molar-refractivity contribution in [2.24, 2.45) is 0 Å². The summed E-state index contributed by atoms with van der Waals surface area (Å²) in [5.41, 5.74) is -0.125. The number of hydrogen-bond acceptors (Lipinski definition) is 6. The summed E-state index contributed by atoms with van der Waals surface area (Å²) in [5.74, 6) is -0.185. The number of thioether (sulfide) groups is 1. The minimum Gasteiger partial charge on any atom is -0.508 e. The van der Waals surface area contributed by atoms with Crippen molar-refractivity contribution in [1.82, 2.24) is 15.5 Å². The van der Waals surface area contributed by atoms with E-state index in [1.807, 2.05) is 57.4 Å². The van der Waals surface area contributed by atoms with Crippen molar-refractivity contribution in [3.8, 4) is 5.75 Å². The predicted octanol–water partition coefficient (Wildman–Crippen LogP) is 5.41. The molecule has 0 aliphatic carbocycles. The average molecular weight is 558 g/mol. The van der Waals surface area contributed by atoms with E-state index in [1.54, 1.807) is 49.6 Å². The third-order valence-corrected chi connectivity index (χ3v) is 7.00. The smallest absolute Gasteiger partial charge is 0.408 e. The molecule has 39 heavy (non-hydrogen) atoms. The van der Waals surface area contributed by atoms with E-state index in [9.17, 15) is 19.5 Å². The number of carbonyl (C=O) groups excluding carboxylic acids is 3. The molecule has 0 aromatic heterocycles. The van der Waals surface area contributed by atoms with E-state index in [1.165, 1.54) is 12.1 Å². The van der Waals surface area contributed by atoms with Crippen molar-refractivity contribution >= 4 is 29.7 Å². The molecule has 0 spiro atoms. The Bertz CT molecular complexity index is 1100. The van der Waals surface area contributed by atoms with E-state index in [0.29, 0.717) is 24.2 Å². The van der Waals surface area contributed by atoms with Crippen LogP contribution in [0.4, 0.5) is 4.79 Å². The van der Waals surface area contributed by atoms with Crippen LogP contribution in [0, 0.1) is 0 Å². The van der Waals surface area contributed by atoms with Gasteiger partial charge in [0.2, 0.25) is 11.8 Å². The Morgan fingerprint density at radius 3 is 2.26 bits per heavy atom. The van der Waals surface area contributed by atoms with Gasteiger partial charge in [0.1, 0.15) is 23.4 Å². The first-order valence-corrected chi connectivity index (χ1v) is 14.6. The molecule has 2 aromatic rings. The van der Waals surface area contributed by atoms with Gasteiger partial charge < -0.3 is 25.4 Å². The van der Waals surface area contributed by atoms with Gasteiger partial charge in [0.05, 0.1) is 0 Å². The SMILES string of the molecule is CCC(C)(C)N(C(=O)C(CCSC)NC(=O)OC(C)(C)C)C(C(=O)NCc1ccccc1)c1cccc(O)c1. The fourth-order valence-corrected chi connectivity index (χ4v) is 4.52. The zero-order valence-corrected chi connectivity index (χ0v) is 24.9. The van der Waals surface area contributed by atoms with Crippen molar-refractivity contribution in [1.29, 1.82) is 0 Å². The minimum absolute atomic E-state index is 0.0131. The zero-order chi connectivity index (χ0) is 29.2. The first kappa shape index (κ1) is 32.0. The summed E-state index contributed by atoms with van der Waals surface area (Å²) in [7, 11) is 0. The third-order valence-electron chi connectivity index (χ3n) is 6.36. The normalized spacial score (nSPS) is 13.2. The first-order chi connectivity index (χ1) is 18.3. The summed E-state index contributed by atoms with van der Waals surface area (Å²) in [6.45, 7) is 11.3. The molecule has 0 saturated heterocycles. The second-order valence-electron chi connectivity index (χ2n) is 11.1. The number of aromatic hydroxyl groups is 1. The van der Waals surface area contributed by atoms with E-state index in [4.69, 9.17) is 4.74 Å². The molecule has 2 rings (SSSR count). The van der Waals surface area contributed by atoms with Crippen molar-refractivity contribution < 1.29 is 24.2 Å². The van der Waals surface area contributed by atoms with Gasteiger partial charge >= 0.3 is 6.09 Å². The summed E-state index contributed by atoms with van der Waals surface area (Å²) in [6, 6.07) is 13.9. The highest BCUT2D eigenvalue weighted by Crippen LogP contribution is 2.33. The fourth-order valence-electron chi connectivity index (χ4n) is 4.05. The average Bonchev–Trinajstić information content (AvgIpc) is 2.87. The van der Waals surface area contributed by atoms with Crippen LogP contribution in [-0.4, -0.2) is 57.1 Å². The number of carbonyl (C=O) groups is 3. The Labute approximate surface area is 236 Å². The maximum atomic E-state index is 14.3. The lowest BCUT2D eigenvalue weighted by Crippen LogP contribution is -2.59. The molecule has 8 nitrogen and oxygen atoms in total. The number of ether oxygens (including phenoxy) is 1. The van der Waals surface area contributed by atoms with Gasteiger partial charge in [-0.3, -0.25) is 9.59 Å². The van der Waals surface area contributed by atoms with Crippen LogP contribution in [0.3, 0.4) is 0 Å². The Hall–Kier alpha value is -3.20. The fraction of sp³-hybridized carbons (Fsp3) is 0.500. The first-order valence-electron chi connectivity index (χ1n) is 13.2. The van der Waals surface area contributed by atoms with E-state index < -0.39 is 35.2 Å². The van der Waals surface area contributed by atoms with Gasteiger partial charge in [0, 0.05) is 12.1 Å². The van der Waals surface area contributed by atoms with Crippen LogP contribution < -0.4 is 10.6 Å². The van der Waals surface area contributed by atoms with E-state index in [2.05, 4.69) is 10.6 Å². The molecule has 2 unspecified atom stereocenters. The van der Waals surface area contributed by atoms with Crippen LogP contribution in [0.15, 0.2) is 54.6 Å². The number of nitrogens with zero attached hydrogens (tertiary/aromatic N) is 1. The Balaban J connectivity index is 2.54. The number of nitrogens with one attached hydrogen (secondary N) is 2. The second-order valence-corrected chi connectivity index (χ2v) is 12.0. The second kappa shape index (κ2) is 14.3. The molecule has 0 aliphatic rings.